The smallest absolute Gasteiger partial charge is 0.295 e. The van der Waals surface area contributed by atoms with Crippen LogP contribution in [0.4, 0.5) is 0 Å². The summed E-state index contributed by atoms with van der Waals surface area (Å²) in [7, 11) is 0. The van der Waals surface area contributed by atoms with Gasteiger partial charge >= 0.3 is 0 Å². The lowest BCUT2D eigenvalue weighted by Crippen LogP contribution is -2.30. The number of aliphatic hydroxyl groups excluding tert-OH is 1. The molecule has 1 atom stereocenters. The van der Waals surface area contributed by atoms with Gasteiger partial charge in [-0.25, -0.2) is 0 Å². The SMILES string of the molecule is CCCCN1C(=O)C(=O)/C(=C(\O)c2ccc(OCC)cc2OCC)C1c1cccc(C)c1. The van der Waals surface area contributed by atoms with Crippen molar-refractivity contribution < 1.29 is 24.2 Å². The number of likely N-dealkylation sites (tertiary alicyclic amines) is 1. The fourth-order valence-electron chi connectivity index (χ4n) is 4.00. The number of aliphatic hydroxyl groups is 1. The minimum atomic E-state index is -0.679. The van der Waals surface area contributed by atoms with Gasteiger partial charge in [-0.3, -0.25) is 9.59 Å². The van der Waals surface area contributed by atoms with Crippen LogP contribution in [0.3, 0.4) is 0 Å². The number of rotatable bonds is 9. The van der Waals surface area contributed by atoms with E-state index < -0.39 is 17.7 Å². The molecule has 6 heteroatoms. The van der Waals surface area contributed by atoms with Gasteiger partial charge in [0.05, 0.1) is 30.4 Å². The molecule has 0 saturated carbocycles. The number of Topliss-reactive ketones (excluding diaryl/α,β-unsaturated/α-hetero) is 1. The average molecular weight is 438 g/mol. The Kier molecular flexibility index (Phi) is 7.57. The van der Waals surface area contributed by atoms with Crippen LogP contribution in [-0.4, -0.2) is 41.5 Å². The Morgan fingerprint density at radius 3 is 2.44 bits per heavy atom. The number of amides is 1. The van der Waals surface area contributed by atoms with Crippen LogP contribution in [0.25, 0.3) is 5.76 Å². The maximum atomic E-state index is 13.1. The zero-order valence-electron chi connectivity index (χ0n) is 19.2. The van der Waals surface area contributed by atoms with E-state index >= 15 is 0 Å². The molecule has 1 fully saturated rings. The van der Waals surface area contributed by atoms with Gasteiger partial charge in [-0.2, -0.15) is 0 Å². The highest BCUT2D eigenvalue weighted by Crippen LogP contribution is 2.41. The molecule has 32 heavy (non-hydrogen) atoms. The summed E-state index contributed by atoms with van der Waals surface area (Å²) in [6.45, 7) is 9.03. The Labute approximate surface area is 189 Å². The van der Waals surface area contributed by atoms with Crippen molar-refractivity contribution in [3.05, 3.63) is 64.7 Å². The van der Waals surface area contributed by atoms with Gasteiger partial charge in [0, 0.05) is 12.6 Å². The molecule has 2 aromatic carbocycles. The lowest BCUT2D eigenvalue weighted by atomic mass is 9.94. The van der Waals surface area contributed by atoms with Crippen LogP contribution in [0.15, 0.2) is 48.0 Å². The van der Waals surface area contributed by atoms with Crippen molar-refractivity contribution in [2.24, 2.45) is 0 Å². The maximum Gasteiger partial charge on any atom is 0.295 e. The molecule has 1 saturated heterocycles. The van der Waals surface area contributed by atoms with Crippen LogP contribution in [0.1, 0.15) is 56.3 Å². The van der Waals surface area contributed by atoms with Gasteiger partial charge in [-0.1, -0.05) is 43.2 Å². The fraction of sp³-hybridized carbons (Fsp3) is 0.385. The third-order valence-electron chi connectivity index (χ3n) is 5.47. The Hall–Kier alpha value is -3.28. The molecule has 0 aromatic heterocycles. The van der Waals surface area contributed by atoms with Crippen molar-refractivity contribution in [3.63, 3.8) is 0 Å². The van der Waals surface area contributed by atoms with Gasteiger partial charge in [0.1, 0.15) is 17.3 Å². The molecule has 1 aliphatic rings. The number of hydrogen-bond donors (Lipinski definition) is 1. The van der Waals surface area contributed by atoms with Crippen molar-refractivity contribution in [2.45, 2.75) is 46.6 Å². The van der Waals surface area contributed by atoms with E-state index in [1.54, 1.807) is 23.1 Å². The summed E-state index contributed by atoms with van der Waals surface area (Å²) < 4.78 is 11.3. The van der Waals surface area contributed by atoms with Crippen molar-refractivity contribution in [3.8, 4) is 11.5 Å². The summed E-state index contributed by atoms with van der Waals surface area (Å²) in [4.78, 5) is 27.7. The second kappa shape index (κ2) is 10.4. The van der Waals surface area contributed by atoms with E-state index in [9.17, 15) is 14.7 Å². The van der Waals surface area contributed by atoms with Crippen molar-refractivity contribution >= 4 is 17.4 Å². The van der Waals surface area contributed by atoms with Crippen LogP contribution >= 0.6 is 0 Å². The van der Waals surface area contributed by atoms with Crippen molar-refractivity contribution in [1.29, 1.82) is 0 Å². The largest absolute Gasteiger partial charge is 0.507 e. The molecular formula is C26H31NO5. The zero-order valence-corrected chi connectivity index (χ0v) is 19.2. The first-order chi connectivity index (χ1) is 15.4. The Bertz CT molecular complexity index is 1030. The second-order valence-corrected chi connectivity index (χ2v) is 7.78. The average Bonchev–Trinajstić information content (AvgIpc) is 3.02. The second-order valence-electron chi connectivity index (χ2n) is 7.78. The number of ketones is 1. The molecule has 0 aliphatic carbocycles. The summed E-state index contributed by atoms with van der Waals surface area (Å²) >= 11 is 0. The first-order valence-electron chi connectivity index (χ1n) is 11.2. The zero-order chi connectivity index (χ0) is 23.3. The summed E-state index contributed by atoms with van der Waals surface area (Å²) in [5, 5.41) is 11.3. The molecule has 0 bridgehead atoms. The number of unbranched alkanes of at least 4 members (excludes halogenated alkanes) is 1. The summed E-state index contributed by atoms with van der Waals surface area (Å²) in [6.07, 6.45) is 1.65. The van der Waals surface area contributed by atoms with Gasteiger partial charge < -0.3 is 19.5 Å². The van der Waals surface area contributed by atoms with Crippen molar-refractivity contribution in [2.75, 3.05) is 19.8 Å². The van der Waals surface area contributed by atoms with Gasteiger partial charge in [-0.15, -0.1) is 0 Å². The fourth-order valence-corrected chi connectivity index (χ4v) is 4.00. The molecule has 1 unspecified atom stereocenters. The topological polar surface area (TPSA) is 76.1 Å². The summed E-state index contributed by atoms with van der Waals surface area (Å²) in [5.41, 5.74) is 2.26. The molecule has 170 valence electrons. The summed E-state index contributed by atoms with van der Waals surface area (Å²) in [6, 6.07) is 12.1. The minimum absolute atomic E-state index is 0.0850. The standard InChI is InChI=1S/C26H31NO5/c1-5-8-14-27-23(18-11-9-10-17(4)15-18)22(25(29)26(27)30)24(28)20-13-12-19(31-6-2)16-21(20)32-7-3/h9-13,15-16,23,28H,5-8,14H2,1-4H3/b24-22-. The quantitative estimate of drug-likeness (QED) is 0.339. The molecular weight excluding hydrogens is 406 g/mol. The first kappa shape index (κ1) is 23.4. The predicted molar refractivity (Wildman–Crippen MR) is 124 cm³/mol. The highest BCUT2D eigenvalue weighted by atomic mass is 16.5. The molecule has 1 heterocycles. The number of ether oxygens (including phenoxy) is 2. The molecule has 3 rings (SSSR count). The molecule has 1 N–H and O–H groups in total. The van der Waals surface area contributed by atoms with Crippen LogP contribution in [-0.2, 0) is 9.59 Å². The summed E-state index contributed by atoms with van der Waals surface area (Å²) in [5.74, 6) is -0.498. The van der Waals surface area contributed by atoms with Gasteiger partial charge in [0.15, 0.2) is 0 Å². The van der Waals surface area contributed by atoms with Gasteiger partial charge in [0.2, 0.25) is 0 Å². The van der Waals surface area contributed by atoms with E-state index in [0.717, 1.165) is 24.0 Å². The number of nitrogens with zero attached hydrogens (tertiary/aromatic N) is 1. The maximum absolute atomic E-state index is 13.1. The van der Waals surface area contributed by atoms with E-state index in [1.807, 2.05) is 52.0 Å². The minimum Gasteiger partial charge on any atom is -0.507 e. The van der Waals surface area contributed by atoms with Gasteiger partial charge in [0.25, 0.3) is 11.7 Å². The number of carbonyl (C=O) groups excluding carboxylic acids is 2. The Balaban J connectivity index is 2.19. The number of carbonyl (C=O) groups is 2. The third-order valence-corrected chi connectivity index (χ3v) is 5.47. The monoisotopic (exact) mass is 437 g/mol. The van der Waals surface area contributed by atoms with Crippen LogP contribution in [0, 0.1) is 6.92 Å². The van der Waals surface area contributed by atoms with E-state index in [1.165, 1.54) is 0 Å². The Morgan fingerprint density at radius 1 is 1.03 bits per heavy atom. The lowest BCUT2D eigenvalue weighted by Gasteiger charge is -2.25. The number of hydrogen-bond acceptors (Lipinski definition) is 5. The number of benzene rings is 2. The number of aryl methyl sites for hydroxylation is 1. The van der Waals surface area contributed by atoms with E-state index in [2.05, 4.69) is 0 Å². The van der Waals surface area contributed by atoms with E-state index in [0.29, 0.717) is 36.8 Å². The van der Waals surface area contributed by atoms with Crippen LogP contribution < -0.4 is 9.47 Å². The predicted octanol–water partition coefficient (Wildman–Crippen LogP) is 5.01. The molecule has 0 radical (unpaired) electrons. The normalized spacial score (nSPS) is 17.6. The first-order valence-corrected chi connectivity index (χ1v) is 11.2. The lowest BCUT2D eigenvalue weighted by molar-refractivity contribution is -0.139. The molecule has 1 amide bonds. The molecule has 0 spiro atoms. The highest BCUT2D eigenvalue weighted by molar-refractivity contribution is 6.46. The van der Waals surface area contributed by atoms with Crippen LogP contribution in [0.5, 0.6) is 11.5 Å². The van der Waals surface area contributed by atoms with Crippen molar-refractivity contribution in [1.82, 2.24) is 4.90 Å². The third kappa shape index (κ3) is 4.64. The van der Waals surface area contributed by atoms with Crippen LogP contribution in [0.2, 0.25) is 0 Å². The van der Waals surface area contributed by atoms with E-state index in [4.69, 9.17) is 9.47 Å². The van der Waals surface area contributed by atoms with E-state index in [-0.39, 0.29) is 11.3 Å². The molecule has 6 nitrogen and oxygen atoms in total. The van der Waals surface area contributed by atoms with Gasteiger partial charge in [-0.05, 0) is 44.9 Å². The molecule has 1 aliphatic heterocycles. The highest BCUT2D eigenvalue weighted by Gasteiger charge is 2.46. The Morgan fingerprint density at radius 2 is 1.78 bits per heavy atom. The molecule has 2 aromatic rings.